The van der Waals surface area contributed by atoms with Crippen LogP contribution >= 0.6 is 33.9 Å². The van der Waals surface area contributed by atoms with Crippen LogP contribution in [0.5, 0.6) is 0 Å². The molecule has 1 fully saturated rings. The summed E-state index contributed by atoms with van der Waals surface area (Å²) >= 11 is 12.0. The minimum absolute atomic E-state index is 0.00300. The second-order valence-corrected chi connectivity index (χ2v) is 13.6. The molecule has 1 saturated heterocycles. The normalized spacial score (nSPS) is 15.8. The van der Waals surface area contributed by atoms with Gasteiger partial charge in [-0.2, -0.15) is 4.31 Å². The van der Waals surface area contributed by atoms with Crippen LogP contribution in [0.2, 0.25) is 10.0 Å². The summed E-state index contributed by atoms with van der Waals surface area (Å²) < 4.78 is 49.5. The zero-order chi connectivity index (χ0) is 26.3. The highest BCUT2D eigenvalue weighted by Gasteiger charge is 2.39. The van der Waals surface area contributed by atoms with E-state index >= 15 is 0 Å². The molecule has 2 aromatic carbocycles. The molecule has 36 heavy (non-hydrogen) atoms. The molecule has 2 aromatic heterocycles. The first-order valence-electron chi connectivity index (χ1n) is 10.7. The van der Waals surface area contributed by atoms with Gasteiger partial charge in [0.2, 0.25) is 10.0 Å². The Morgan fingerprint density at radius 1 is 0.861 bits per heavy atom. The topological polar surface area (TPSA) is 123 Å². The van der Waals surface area contributed by atoms with E-state index in [4.69, 9.17) is 39.6 Å². The molecule has 0 amide bonds. The lowest BCUT2D eigenvalue weighted by Gasteiger charge is -2.40. The fraction of sp³-hybridized carbons (Fsp3) is 0.217. The Balaban J connectivity index is 0.000000179. The second-order valence-electron chi connectivity index (χ2n) is 8.33. The van der Waals surface area contributed by atoms with E-state index in [2.05, 4.69) is 9.97 Å². The van der Waals surface area contributed by atoms with E-state index in [1.54, 1.807) is 36.5 Å². The number of hydrogen-bond donors (Lipinski definition) is 1. The molecule has 0 aliphatic carbocycles. The van der Waals surface area contributed by atoms with Gasteiger partial charge in [0.15, 0.2) is 0 Å². The van der Waals surface area contributed by atoms with Gasteiger partial charge in [0, 0.05) is 82.1 Å². The number of fused-ring (bicyclic) bond motifs is 2. The zero-order valence-electron chi connectivity index (χ0n) is 18.8. The van der Waals surface area contributed by atoms with E-state index in [-0.39, 0.29) is 26.8 Å². The summed E-state index contributed by atoms with van der Waals surface area (Å²) in [5, 5.41) is 2.91. The van der Waals surface area contributed by atoms with Crippen molar-refractivity contribution in [2.45, 2.75) is 22.8 Å². The summed E-state index contributed by atoms with van der Waals surface area (Å²) in [5.41, 5.74) is 5.81. The third kappa shape index (κ3) is 5.31. The van der Waals surface area contributed by atoms with E-state index in [9.17, 15) is 16.8 Å². The van der Waals surface area contributed by atoms with Crippen LogP contribution in [0.3, 0.4) is 0 Å². The summed E-state index contributed by atoms with van der Waals surface area (Å²) in [4.78, 5) is 8.10. The maximum atomic E-state index is 12.8. The number of hydrogen-bond acceptors (Lipinski definition) is 7. The summed E-state index contributed by atoms with van der Waals surface area (Å²) in [6, 6.07) is 9.82. The molecule has 3 heterocycles. The van der Waals surface area contributed by atoms with Crippen molar-refractivity contribution in [1.82, 2.24) is 14.3 Å². The van der Waals surface area contributed by atoms with Crippen LogP contribution in [0.1, 0.15) is 6.92 Å². The number of pyridine rings is 2. The third-order valence-corrected chi connectivity index (χ3v) is 9.71. The highest BCUT2D eigenvalue weighted by Crippen LogP contribution is 2.34. The van der Waals surface area contributed by atoms with Crippen molar-refractivity contribution in [3.63, 3.8) is 0 Å². The van der Waals surface area contributed by atoms with Gasteiger partial charge in [0.05, 0.1) is 19.8 Å². The Kier molecular flexibility index (Phi) is 7.78. The highest BCUT2D eigenvalue weighted by molar-refractivity contribution is 8.14. The van der Waals surface area contributed by atoms with E-state index in [0.717, 1.165) is 0 Å². The predicted octanol–water partition coefficient (Wildman–Crippen LogP) is 4.67. The van der Waals surface area contributed by atoms with E-state index in [1.165, 1.54) is 29.0 Å². The molecule has 4 aromatic rings. The van der Waals surface area contributed by atoms with Crippen LogP contribution < -0.4 is 5.73 Å². The summed E-state index contributed by atoms with van der Waals surface area (Å²) in [7, 11) is -2.04. The number of halogens is 3. The number of nitrogens with zero attached hydrogens (tertiary/aromatic N) is 3. The predicted molar refractivity (Wildman–Crippen MR) is 142 cm³/mol. The highest BCUT2D eigenvalue weighted by atomic mass is 35.7. The Hall–Kier alpha value is -2.05. The van der Waals surface area contributed by atoms with Gasteiger partial charge >= 0.3 is 0 Å². The van der Waals surface area contributed by atoms with Gasteiger partial charge in [-0.25, -0.2) is 16.8 Å². The van der Waals surface area contributed by atoms with Gasteiger partial charge < -0.3 is 5.73 Å². The monoisotopic (exact) mass is 586 g/mol. The average Bonchev–Trinajstić information content (AvgIpc) is 2.77. The molecule has 1 aliphatic rings. The van der Waals surface area contributed by atoms with Crippen LogP contribution in [-0.4, -0.2) is 50.2 Å². The van der Waals surface area contributed by atoms with Crippen molar-refractivity contribution in [2.75, 3.05) is 13.1 Å². The molecule has 5 rings (SSSR count). The van der Waals surface area contributed by atoms with Crippen molar-refractivity contribution in [3.05, 3.63) is 71.2 Å². The molecule has 0 saturated carbocycles. The SMILES string of the molecule is CC(N)C1CN(S(=O)(=O)c2cccc3cncc(Cl)c23)C1.O=S(=O)(Cl)c1cccc2cncc(Cl)c12. The summed E-state index contributed by atoms with van der Waals surface area (Å²) in [5.74, 6) is 0.215. The second kappa shape index (κ2) is 10.4. The molecule has 1 aliphatic heterocycles. The van der Waals surface area contributed by atoms with Crippen molar-refractivity contribution >= 4 is 74.5 Å². The maximum absolute atomic E-state index is 12.8. The largest absolute Gasteiger partial charge is 0.328 e. The Morgan fingerprint density at radius 3 is 1.81 bits per heavy atom. The minimum atomic E-state index is -3.79. The van der Waals surface area contributed by atoms with Crippen LogP contribution in [0, 0.1) is 5.92 Å². The van der Waals surface area contributed by atoms with E-state index in [0.29, 0.717) is 39.7 Å². The molecule has 13 heteroatoms. The van der Waals surface area contributed by atoms with Crippen molar-refractivity contribution in [3.8, 4) is 0 Å². The van der Waals surface area contributed by atoms with Crippen molar-refractivity contribution < 1.29 is 16.8 Å². The van der Waals surface area contributed by atoms with E-state index < -0.39 is 19.1 Å². The average molecular weight is 588 g/mol. The van der Waals surface area contributed by atoms with Gasteiger partial charge in [-0.15, -0.1) is 0 Å². The van der Waals surface area contributed by atoms with Gasteiger partial charge in [-0.3, -0.25) is 9.97 Å². The Bertz CT molecular complexity index is 1650. The lowest BCUT2D eigenvalue weighted by Crippen LogP contribution is -2.55. The molecular weight excluding hydrogens is 567 g/mol. The number of benzene rings is 2. The molecular formula is C23H21Cl3N4O4S2. The Morgan fingerprint density at radius 2 is 1.33 bits per heavy atom. The molecule has 1 atom stereocenters. The number of aromatic nitrogens is 2. The lowest BCUT2D eigenvalue weighted by molar-refractivity contribution is 0.177. The molecule has 8 nitrogen and oxygen atoms in total. The van der Waals surface area contributed by atoms with Gasteiger partial charge in [0.25, 0.3) is 9.05 Å². The molecule has 1 unspecified atom stereocenters. The first-order chi connectivity index (χ1) is 16.9. The smallest absolute Gasteiger partial charge is 0.261 e. The van der Waals surface area contributed by atoms with Gasteiger partial charge in [-0.05, 0) is 19.1 Å². The Labute approximate surface area is 223 Å². The standard InChI is InChI=1S/C14H16ClN3O2S.C9H5Cl2NO2S/c1-9(16)11-7-18(8-11)21(19,20)13-4-2-3-10-5-17-6-12(15)14(10)13;10-7-5-12-4-6-2-1-3-8(9(6)7)15(11,13)14/h2-6,9,11H,7-8,16H2,1H3;1-5H. The zero-order valence-corrected chi connectivity index (χ0v) is 22.7. The molecule has 2 N–H and O–H groups in total. The first-order valence-corrected chi connectivity index (χ1v) is 15.2. The fourth-order valence-corrected chi connectivity index (χ4v) is 7.41. The van der Waals surface area contributed by atoms with Gasteiger partial charge in [-0.1, -0.05) is 47.5 Å². The molecule has 0 spiro atoms. The van der Waals surface area contributed by atoms with Crippen molar-refractivity contribution in [1.29, 1.82) is 0 Å². The van der Waals surface area contributed by atoms with Crippen LogP contribution in [0.4, 0.5) is 0 Å². The fourth-order valence-electron chi connectivity index (χ4n) is 3.87. The maximum Gasteiger partial charge on any atom is 0.261 e. The number of nitrogens with two attached hydrogens (primary N) is 1. The lowest BCUT2D eigenvalue weighted by atomic mass is 9.96. The summed E-state index contributed by atoms with van der Waals surface area (Å²) in [6.07, 6.45) is 5.99. The third-order valence-electron chi connectivity index (χ3n) is 5.90. The van der Waals surface area contributed by atoms with Gasteiger partial charge in [0.1, 0.15) is 0 Å². The van der Waals surface area contributed by atoms with E-state index in [1.807, 2.05) is 6.92 Å². The number of rotatable bonds is 4. The molecule has 0 radical (unpaired) electrons. The van der Waals surface area contributed by atoms with Crippen molar-refractivity contribution in [2.24, 2.45) is 11.7 Å². The molecule has 190 valence electrons. The van der Waals surface area contributed by atoms with Crippen LogP contribution in [0.15, 0.2) is 71.0 Å². The van der Waals surface area contributed by atoms with Crippen LogP contribution in [-0.2, 0) is 19.1 Å². The number of sulfonamides is 1. The first kappa shape index (κ1) is 27.0. The quantitative estimate of drug-likeness (QED) is 0.344. The minimum Gasteiger partial charge on any atom is -0.328 e. The van der Waals surface area contributed by atoms with Crippen LogP contribution in [0.25, 0.3) is 21.5 Å². The summed E-state index contributed by atoms with van der Waals surface area (Å²) in [6.45, 7) is 2.81. The molecule has 0 bridgehead atoms.